The molecule has 1 fully saturated rings. The predicted octanol–water partition coefficient (Wildman–Crippen LogP) is 2.25. The number of aliphatic hydroxyl groups is 1. The van der Waals surface area contributed by atoms with Crippen molar-refractivity contribution in [2.75, 3.05) is 13.2 Å². The Morgan fingerprint density at radius 2 is 2.22 bits per heavy atom. The van der Waals surface area contributed by atoms with Crippen LogP contribution in [0.25, 0.3) is 0 Å². The molecule has 1 saturated heterocycles. The Hall–Kier alpha value is -1.28. The van der Waals surface area contributed by atoms with Crippen molar-refractivity contribution in [3.05, 3.63) is 24.2 Å². The normalized spacial score (nSPS) is 19.2. The van der Waals surface area contributed by atoms with Crippen LogP contribution < -0.4 is 0 Å². The molecular weight excluding hydrogens is 232 g/mol. The summed E-state index contributed by atoms with van der Waals surface area (Å²) >= 11 is 0. The first-order chi connectivity index (χ1) is 8.70. The van der Waals surface area contributed by atoms with Crippen molar-refractivity contribution in [1.29, 1.82) is 0 Å². The summed E-state index contributed by atoms with van der Waals surface area (Å²) in [4.78, 5) is 0. The molecule has 2 rings (SSSR count). The standard InChI is InChI=1S/C14H18O4/c1-14(17-10-11-18-14)8-4-2-3-6-12(15)13-7-5-9-16-13/h5,7,9,12,15H,2,4,8,10-11H2,1H3. The monoisotopic (exact) mass is 250 g/mol. The van der Waals surface area contributed by atoms with Crippen LogP contribution in [-0.2, 0) is 9.47 Å². The van der Waals surface area contributed by atoms with E-state index in [0.29, 0.717) is 25.4 Å². The van der Waals surface area contributed by atoms with Gasteiger partial charge in [-0.2, -0.15) is 0 Å². The molecule has 1 aliphatic rings. The largest absolute Gasteiger partial charge is 0.466 e. The van der Waals surface area contributed by atoms with Crippen LogP contribution in [0.5, 0.6) is 0 Å². The summed E-state index contributed by atoms with van der Waals surface area (Å²) in [5, 5.41) is 9.65. The van der Waals surface area contributed by atoms with Crippen LogP contribution in [-0.4, -0.2) is 24.1 Å². The van der Waals surface area contributed by atoms with Gasteiger partial charge in [0.2, 0.25) is 0 Å². The summed E-state index contributed by atoms with van der Waals surface area (Å²) in [6.45, 7) is 3.28. The highest BCUT2D eigenvalue weighted by Gasteiger charge is 2.29. The molecule has 98 valence electrons. The van der Waals surface area contributed by atoms with E-state index in [4.69, 9.17) is 13.9 Å². The molecule has 4 nitrogen and oxygen atoms in total. The highest BCUT2D eigenvalue weighted by Crippen LogP contribution is 2.24. The second kappa shape index (κ2) is 6.05. The maximum atomic E-state index is 9.65. The third-order valence-electron chi connectivity index (χ3n) is 2.88. The van der Waals surface area contributed by atoms with Crippen molar-refractivity contribution >= 4 is 0 Å². The highest BCUT2D eigenvalue weighted by molar-refractivity contribution is 5.15. The maximum Gasteiger partial charge on any atom is 0.172 e. The van der Waals surface area contributed by atoms with Crippen molar-refractivity contribution in [3.8, 4) is 11.8 Å². The fraction of sp³-hybridized carbons (Fsp3) is 0.571. The van der Waals surface area contributed by atoms with Gasteiger partial charge in [-0.3, -0.25) is 0 Å². The average molecular weight is 250 g/mol. The molecule has 0 aliphatic carbocycles. The minimum Gasteiger partial charge on any atom is -0.466 e. The topological polar surface area (TPSA) is 51.8 Å². The van der Waals surface area contributed by atoms with Crippen molar-refractivity contribution < 1.29 is 19.0 Å². The van der Waals surface area contributed by atoms with Crippen LogP contribution in [0.1, 0.15) is 38.1 Å². The van der Waals surface area contributed by atoms with Gasteiger partial charge < -0.3 is 19.0 Å². The van der Waals surface area contributed by atoms with E-state index in [9.17, 15) is 5.11 Å². The van der Waals surface area contributed by atoms with E-state index < -0.39 is 11.9 Å². The lowest BCUT2D eigenvalue weighted by molar-refractivity contribution is -0.147. The summed E-state index contributed by atoms with van der Waals surface area (Å²) in [6.07, 6.45) is 3.09. The molecule has 0 saturated carbocycles. The van der Waals surface area contributed by atoms with Crippen molar-refractivity contribution in [2.45, 2.75) is 38.1 Å². The van der Waals surface area contributed by atoms with E-state index in [1.807, 2.05) is 6.92 Å². The van der Waals surface area contributed by atoms with E-state index in [-0.39, 0.29) is 0 Å². The van der Waals surface area contributed by atoms with E-state index in [1.165, 1.54) is 6.26 Å². The number of ether oxygens (including phenoxy) is 2. The molecule has 0 bridgehead atoms. The van der Waals surface area contributed by atoms with Crippen LogP contribution in [0, 0.1) is 11.8 Å². The first-order valence-corrected chi connectivity index (χ1v) is 6.17. The molecule has 0 spiro atoms. The van der Waals surface area contributed by atoms with E-state index in [2.05, 4.69) is 11.8 Å². The first-order valence-electron chi connectivity index (χ1n) is 6.17. The summed E-state index contributed by atoms with van der Waals surface area (Å²) in [5.74, 6) is 5.74. The third kappa shape index (κ3) is 3.61. The average Bonchev–Trinajstić information content (AvgIpc) is 3.00. The molecule has 1 N–H and O–H groups in total. The zero-order chi connectivity index (χ0) is 12.8. The minimum atomic E-state index is -0.838. The molecule has 4 heteroatoms. The lowest BCUT2D eigenvalue weighted by Gasteiger charge is -2.21. The van der Waals surface area contributed by atoms with Crippen molar-refractivity contribution in [3.63, 3.8) is 0 Å². The van der Waals surface area contributed by atoms with Crippen LogP contribution in [0.15, 0.2) is 22.8 Å². The third-order valence-corrected chi connectivity index (χ3v) is 2.88. The Morgan fingerprint density at radius 1 is 1.44 bits per heavy atom. The van der Waals surface area contributed by atoms with Gasteiger partial charge in [0.15, 0.2) is 11.9 Å². The Labute approximate surface area is 107 Å². The number of aliphatic hydroxyl groups excluding tert-OH is 1. The van der Waals surface area contributed by atoms with Crippen molar-refractivity contribution in [1.82, 2.24) is 0 Å². The van der Waals surface area contributed by atoms with E-state index >= 15 is 0 Å². The molecule has 1 unspecified atom stereocenters. The summed E-state index contributed by atoms with van der Waals surface area (Å²) in [5.41, 5.74) is 0. The smallest absolute Gasteiger partial charge is 0.172 e. The molecule has 1 aliphatic heterocycles. The summed E-state index contributed by atoms with van der Waals surface area (Å²) in [7, 11) is 0. The molecule has 1 atom stereocenters. The maximum absolute atomic E-state index is 9.65. The molecule has 2 heterocycles. The zero-order valence-electron chi connectivity index (χ0n) is 10.5. The Bertz CT molecular complexity index is 407. The number of rotatable bonds is 4. The molecule has 0 amide bonds. The van der Waals surface area contributed by atoms with Crippen molar-refractivity contribution in [2.24, 2.45) is 0 Å². The van der Waals surface area contributed by atoms with Gasteiger partial charge in [0.1, 0.15) is 5.76 Å². The van der Waals surface area contributed by atoms with Gasteiger partial charge >= 0.3 is 0 Å². The highest BCUT2D eigenvalue weighted by atomic mass is 16.7. The van der Waals surface area contributed by atoms with Gasteiger partial charge in [-0.05, 0) is 25.5 Å². The van der Waals surface area contributed by atoms with Gasteiger partial charge in [-0.15, -0.1) is 5.92 Å². The predicted molar refractivity (Wildman–Crippen MR) is 65.6 cm³/mol. The lowest BCUT2D eigenvalue weighted by Crippen LogP contribution is -2.24. The first kappa shape index (κ1) is 13.2. The minimum absolute atomic E-state index is 0.443. The second-order valence-electron chi connectivity index (χ2n) is 4.42. The van der Waals surface area contributed by atoms with E-state index in [1.54, 1.807) is 12.1 Å². The Morgan fingerprint density at radius 3 is 2.89 bits per heavy atom. The molecule has 0 radical (unpaired) electrons. The van der Waals surface area contributed by atoms with Gasteiger partial charge in [-0.1, -0.05) is 5.92 Å². The molecule has 1 aromatic rings. The number of hydrogen-bond donors (Lipinski definition) is 1. The molecule has 0 aromatic carbocycles. The van der Waals surface area contributed by atoms with Gasteiger partial charge in [0.25, 0.3) is 0 Å². The SMILES string of the molecule is CC1(CCCC#CC(O)c2ccco2)OCCO1. The van der Waals surface area contributed by atoms with Crippen LogP contribution in [0.3, 0.4) is 0 Å². The fourth-order valence-electron chi connectivity index (χ4n) is 1.89. The van der Waals surface area contributed by atoms with E-state index in [0.717, 1.165) is 12.8 Å². The Kier molecular flexibility index (Phi) is 4.43. The lowest BCUT2D eigenvalue weighted by atomic mass is 10.1. The Balaban J connectivity index is 1.69. The molecular formula is C14H18O4. The van der Waals surface area contributed by atoms with Crippen LogP contribution >= 0.6 is 0 Å². The van der Waals surface area contributed by atoms with Gasteiger partial charge in [0.05, 0.1) is 19.5 Å². The summed E-state index contributed by atoms with van der Waals surface area (Å²) < 4.78 is 16.0. The number of furan rings is 1. The van der Waals surface area contributed by atoms with Crippen LogP contribution in [0.2, 0.25) is 0 Å². The number of hydrogen-bond acceptors (Lipinski definition) is 4. The summed E-state index contributed by atoms with van der Waals surface area (Å²) in [6, 6.07) is 3.44. The van der Waals surface area contributed by atoms with Gasteiger partial charge in [-0.25, -0.2) is 0 Å². The fourth-order valence-corrected chi connectivity index (χ4v) is 1.89. The van der Waals surface area contributed by atoms with Crippen LogP contribution in [0.4, 0.5) is 0 Å². The van der Waals surface area contributed by atoms with Gasteiger partial charge in [0, 0.05) is 12.8 Å². The second-order valence-corrected chi connectivity index (χ2v) is 4.42. The quantitative estimate of drug-likeness (QED) is 0.657. The number of unbranched alkanes of at least 4 members (excludes halogenated alkanes) is 1. The molecule has 1 aromatic heterocycles. The zero-order valence-corrected chi connectivity index (χ0v) is 10.5. The molecule has 18 heavy (non-hydrogen) atoms.